The van der Waals surface area contributed by atoms with Crippen LogP contribution in [0.5, 0.6) is 0 Å². The van der Waals surface area contributed by atoms with E-state index in [0.29, 0.717) is 0 Å². The number of carbonyl (C=O) groups excluding carboxylic acids is 1. The van der Waals surface area contributed by atoms with E-state index in [-0.39, 0.29) is 19.1 Å². The molecular formula is C17H18IN3O4. The van der Waals surface area contributed by atoms with E-state index in [0.717, 1.165) is 22.0 Å². The largest absolute Gasteiger partial charge is 0.479 e. The third-order valence-electron chi connectivity index (χ3n) is 4.21. The molecule has 1 aliphatic carbocycles. The molecule has 7 nitrogen and oxygen atoms in total. The highest BCUT2D eigenvalue weighted by molar-refractivity contribution is 14.1. The molecule has 132 valence electrons. The molecule has 0 bridgehead atoms. The van der Waals surface area contributed by atoms with Crippen LogP contribution in [0.4, 0.5) is 4.79 Å². The van der Waals surface area contributed by atoms with E-state index < -0.39 is 17.6 Å². The van der Waals surface area contributed by atoms with Crippen molar-refractivity contribution in [2.45, 2.75) is 31.5 Å². The van der Waals surface area contributed by atoms with Crippen molar-refractivity contribution in [1.82, 2.24) is 15.1 Å². The number of rotatable bonds is 7. The maximum Gasteiger partial charge on any atom is 0.408 e. The number of carboxylic acids is 1. The molecule has 0 aliphatic heterocycles. The lowest BCUT2D eigenvalue weighted by Gasteiger charge is -2.30. The van der Waals surface area contributed by atoms with Crippen LogP contribution in [0.25, 0.3) is 0 Å². The van der Waals surface area contributed by atoms with Gasteiger partial charge in [-0.25, -0.2) is 9.59 Å². The minimum atomic E-state index is -1.41. The maximum absolute atomic E-state index is 12.2. The normalized spacial score (nSPS) is 16.0. The average Bonchev–Trinajstić information content (AvgIpc) is 3.37. The zero-order chi connectivity index (χ0) is 17.9. The highest BCUT2D eigenvalue weighted by Crippen LogP contribution is 2.41. The molecule has 1 heterocycles. The van der Waals surface area contributed by atoms with E-state index in [1.165, 1.54) is 0 Å². The van der Waals surface area contributed by atoms with Gasteiger partial charge in [-0.05, 0) is 46.9 Å². The van der Waals surface area contributed by atoms with E-state index in [9.17, 15) is 14.7 Å². The summed E-state index contributed by atoms with van der Waals surface area (Å²) in [5.74, 6) is -1.20. The molecule has 0 saturated heterocycles. The van der Waals surface area contributed by atoms with Crippen LogP contribution >= 0.6 is 22.6 Å². The lowest BCUT2D eigenvalue weighted by molar-refractivity contribution is -0.146. The number of halogens is 1. The van der Waals surface area contributed by atoms with Gasteiger partial charge in [-0.15, -0.1) is 0 Å². The summed E-state index contributed by atoms with van der Waals surface area (Å²) in [7, 11) is 0. The van der Waals surface area contributed by atoms with Crippen molar-refractivity contribution >= 4 is 34.7 Å². The second kappa shape index (κ2) is 7.42. The zero-order valence-corrected chi connectivity index (χ0v) is 15.5. The summed E-state index contributed by atoms with van der Waals surface area (Å²) in [5.41, 5.74) is -0.574. The SMILES string of the molecule is O=C(NC(Cn1cc(I)cn1)(C(=O)O)C1CC1)OCc1ccccc1. The standard InChI is InChI=1S/C17H18IN3O4/c18-14-8-19-21(9-14)11-17(15(22)23,13-6-7-13)20-16(24)25-10-12-4-2-1-3-5-12/h1-5,8-9,13H,6-7,10-11H2,(H,20,24)(H,22,23). The van der Waals surface area contributed by atoms with Gasteiger partial charge in [0.2, 0.25) is 0 Å². The van der Waals surface area contributed by atoms with Crippen molar-refractivity contribution in [3.8, 4) is 0 Å². The first-order valence-corrected chi connectivity index (χ1v) is 8.98. The number of hydrogen-bond donors (Lipinski definition) is 2. The Balaban J connectivity index is 1.71. The number of amides is 1. The van der Waals surface area contributed by atoms with Gasteiger partial charge in [0.05, 0.1) is 16.3 Å². The van der Waals surface area contributed by atoms with Crippen LogP contribution in [0.1, 0.15) is 18.4 Å². The van der Waals surface area contributed by atoms with E-state index in [4.69, 9.17) is 4.74 Å². The van der Waals surface area contributed by atoms with Crippen LogP contribution in [0, 0.1) is 9.49 Å². The highest BCUT2D eigenvalue weighted by Gasteiger charge is 2.53. The third-order valence-corrected chi connectivity index (χ3v) is 4.76. The maximum atomic E-state index is 12.2. The number of nitrogens with zero attached hydrogens (tertiary/aromatic N) is 2. The predicted molar refractivity (Wildman–Crippen MR) is 97.8 cm³/mol. The molecule has 2 aromatic rings. The van der Waals surface area contributed by atoms with E-state index in [1.807, 2.05) is 30.3 Å². The van der Waals surface area contributed by atoms with Gasteiger partial charge in [0, 0.05) is 6.20 Å². The fraction of sp³-hybridized carbons (Fsp3) is 0.353. The Morgan fingerprint density at radius 2 is 2.08 bits per heavy atom. The van der Waals surface area contributed by atoms with Gasteiger partial charge >= 0.3 is 12.1 Å². The van der Waals surface area contributed by atoms with E-state index in [1.54, 1.807) is 17.1 Å². The minimum Gasteiger partial charge on any atom is -0.479 e. The minimum absolute atomic E-state index is 0.0659. The summed E-state index contributed by atoms with van der Waals surface area (Å²) in [5, 5.41) is 16.6. The number of hydrogen-bond acceptors (Lipinski definition) is 4. The summed E-state index contributed by atoms with van der Waals surface area (Å²) in [6, 6.07) is 9.25. The number of aromatic nitrogens is 2. The Hall–Kier alpha value is -2.10. The number of carboxylic acid groups (broad SMARTS) is 1. The topological polar surface area (TPSA) is 93.5 Å². The molecule has 0 spiro atoms. The van der Waals surface area contributed by atoms with Gasteiger partial charge in [0.1, 0.15) is 6.61 Å². The molecule has 1 aliphatic rings. The predicted octanol–water partition coefficient (Wildman–Crippen LogP) is 2.65. The molecule has 8 heteroatoms. The number of alkyl carbamates (subject to hydrolysis) is 1. The summed E-state index contributed by atoms with van der Waals surface area (Å²) in [4.78, 5) is 24.2. The van der Waals surface area contributed by atoms with Crippen LogP contribution in [0.3, 0.4) is 0 Å². The average molecular weight is 455 g/mol. The monoisotopic (exact) mass is 455 g/mol. The van der Waals surface area contributed by atoms with Crippen molar-refractivity contribution in [3.05, 3.63) is 51.9 Å². The molecule has 2 N–H and O–H groups in total. The number of carbonyl (C=O) groups is 2. The van der Waals surface area contributed by atoms with Crippen LogP contribution < -0.4 is 5.32 Å². The number of aliphatic carboxylic acids is 1. The van der Waals surface area contributed by atoms with Gasteiger partial charge in [-0.1, -0.05) is 30.3 Å². The second-order valence-corrected chi connectivity index (χ2v) is 7.34. The lowest BCUT2D eigenvalue weighted by Crippen LogP contribution is -2.59. The van der Waals surface area contributed by atoms with Gasteiger partial charge in [-0.2, -0.15) is 5.10 Å². The molecule has 1 amide bonds. The summed E-state index contributed by atoms with van der Waals surface area (Å²) < 4.78 is 7.66. The Bertz CT molecular complexity index is 760. The fourth-order valence-electron chi connectivity index (χ4n) is 2.76. The first-order valence-electron chi connectivity index (χ1n) is 7.90. The molecule has 1 atom stereocenters. The van der Waals surface area contributed by atoms with Crippen molar-refractivity contribution in [3.63, 3.8) is 0 Å². The molecule has 0 radical (unpaired) electrons. The molecular weight excluding hydrogens is 437 g/mol. The molecule has 1 unspecified atom stereocenters. The Kier molecular flexibility index (Phi) is 5.26. The smallest absolute Gasteiger partial charge is 0.408 e. The van der Waals surface area contributed by atoms with Crippen molar-refractivity contribution < 1.29 is 19.4 Å². The Labute approximate surface area is 158 Å². The van der Waals surface area contributed by atoms with Crippen molar-refractivity contribution in [2.24, 2.45) is 5.92 Å². The van der Waals surface area contributed by atoms with Crippen LogP contribution in [-0.4, -0.2) is 32.5 Å². The molecule has 1 fully saturated rings. The Morgan fingerprint density at radius 1 is 1.36 bits per heavy atom. The van der Waals surface area contributed by atoms with E-state index >= 15 is 0 Å². The van der Waals surface area contributed by atoms with E-state index in [2.05, 4.69) is 33.0 Å². The molecule has 1 aromatic carbocycles. The van der Waals surface area contributed by atoms with Gasteiger partial charge < -0.3 is 15.2 Å². The quantitative estimate of drug-likeness (QED) is 0.627. The summed E-state index contributed by atoms with van der Waals surface area (Å²) in [6.07, 6.45) is 4.17. The number of nitrogens with one attached hydrogen (secondary N) is 1. The number of ether oxygens (including phenoxy) is 1. The highest BCUT2D eigenvalue weighted by atomic mass is 127. The first kappa shape index (κ1) is 17.7. The van der Waals surface area contributed by atoms with Crippen LogP contribution in [0.15, 0.2) is 42.7 Å². The summed E-state index contributed by atoms with van der Waals surface area (Å²) >= 11 is 2.10. The molecule has 1 saturated carbocycles. The third kappa shape index (κ3) is 4.30. The fourth-order valence-corrected chi connectivity index (χ4v) is 3.21. The van der Waals surface area contributed by atoms with Gasteiger partial charge in [0.15, 0.2) is 5.54 Å². The lowest BCUT2D eigenvalue weighted by atomic mass is 9.93. The molecule has 1 aromatic heterocycles. The Morgan fingerprint density at radius 3 is 2.64 bits per heavy atom. The van der Waals surface area contributed by atoms with Crippen molar-refractivity contribution in [1.29, 1.82) is 0 Å². The second-order valence-electron chi connectivity index (χ2n) is 6.09. The number of benzene rings is 1. The van der Waals surface area contributed by atoms with Crippen molar-refractivity contribution in [2.75, 3.05) is 0 Å². The first-order chi connectivity index (χ1) is 12.0. The van der Waals surface area contributed by atoms with Crippen LogP contribution in [-0.2, 0) is 22.7 Å². The molecule has 3 rings (SSSR count). The summed E-state index contributed by atoms with van der Waals surface area (Å²) in [6.45, 7) is 0.156. The zero-order valence-electron chi connectivity index (χ0n) is 13.4. The van der Waals surface area contributed by atoms with Crippen LogP contribution in [0.2, 0.25) is 0 Å². The van der Waals surface area contributed by atoms with Gasteiger partial charge in [0.25, 0.3) is 0 Å². The van der Waals surface area contributed by atoms with Gasteiger partial charge in [-0.3, -0.25) is 4.68 Å². The molecule has 25 heavy (non-hydrogen) atoms.